The van der Waals surface area contributed by atoms with Gasteiger partial charge in [0.1, 0.15) is 0 Å². The average molecular weight is 182 g/mol. The fraction of sp³-hybridized carbons (Fsp3) is 1.00. The SMILES string of the molecule is CC1(C)CC1NC[C@H]1CCCCN1. The van der Waals surface area contributed by atoms with E-state index in [0.717, 1.165) is 12.1 Å². The first-order valence-electron chi connectivity index (χ1n) is 5.65. The van der Waals surface area contributed by atoms with E-state index in [1.165, 1.54) is 38.8 Å². The van der Waals surface area contributed by atoms with Crippen LogP contribution in [0.4, 0.5) is 0 Å². The van der Waals surface area contributed by atoms with Gasteiger partial charge in [-0.15, -0.1) is 0 Å². The molecule has 1 heterocycles. The molecular formula is C11H22N2. The first kappa shape index (κ1) is 9.47. The Bertz CT molecular complexity index is 171. The molecule has 1 saturated carbocycles. The molecule has 0 aromatic rings. The summed E-state index contributed by atoms with van der Waals surface area (Å²) in [6, 6.07) is 1.53. The van der Waals surface area contributed by atoms with Crippen LogP contribution in [-0.2, 0) is 0 Å². The molecule has 0 aromatic carbocycles. The van der Waals surface area contributed by atoms with Gasteiger partial charge < -0.3 is 10.6 Å². The summed E-state index contributed by atoms with van der Waals surface area (Å²) in [6.45, 7) is 7.09. The van der Waals surface area contributed by atoms with Crippen LogP contribution >= 0.6 is 0 Å². The van der Waals surface area contributed by atoms with Crippen LogP contribution in [-0.4, -0.2) is 25.2 Å². The van der Waals surface area contributed by atoms with Crippen LogP contribution in [0, 0.1) is 5.41 Å². The second-order valence-corrected chi connectivity index (χ2v) is 5.30. The van der Waals surface area contributed by atoms with E-state index in [9.17, 15) is 0 Å². The highest BCUT2D eigenvalue weighted by Gasteiger charge is 2.45. The minimum atomic E-state index is 0.578. The summed E-state index contributed by atoms with van der Waals surface area (Å²) in [5.41, 5.74) is 0.578. The first-order chi connectivity index (χ1) is 6.18. The largest absolute Gasteiger partial charge is 0.313 e. The zero-order valence-corrected chi connectivity index (χ0v) is 8.90. The molecule has 1 unspecified atom stereocenters. The highest BCUT2D eigenvalue weighted by molar-refractivity contribution is 5.01. The third-order valence-corrected chi connectivity index (χ3v) is 3.54. The van der Waals surface area contributed by atoms with Crippen molar-refractivity contribution in [3.63, 3.8) is 0 Å². The predicted octanol–water partition coefficient (Wildman–Crippen LogP) is 1.52. The van der Waals surface area contributed by atoms with E-state index < -0.39 is 0 Å². The summed E-state index contributed by atoms with van der Waals surface area (Å²) in [5.74, 6) is 0. The summed E-state index contributed by atoms with van der Waals surface area (Å²) in [4.78, 5) is 0. The Hall–Kier alpha value is -0.0800. The molecule has 13 heavy (non-hydrogen) atoms. The lowest BCUT2D eigenvalue weighted by molar-refractivity contribution is 0.375. The van der Waals surface area contributed by atoms with E-state index in [-0.39, 0.29) is 0 Å². The lowest BCUT2D eigenvalue weighted by Gasteiger charge is -2.24. The Kier molecular flexibility index (Phi) is 2.61. The average Bonchev–Trinajstić information content (AvgIpc) is 2.73. The lowest BCUT2D eigenvalue weighted by Crippen LogP contribution is -2.42. The molecule has 0 aromatic heterocycles. The Balaban J connectivity index is 1.62. The van der Waals surface area contributed by atoms with E-state index in [0.29, 0.717) is 5.41 Å². The molecule has 0 spiro atoms. The summed E-state index contributed by atoms with van der Waals surface area (Å²) in [5, 5.41) is 7.22. The van der Waals surface area contributed by atoms with Crippen molar-refractivity contribution < 1.29 is 0 Å². The van der Waals surface area contributed by atoms with Gasteiger partial charge in [0.25, 0.3) is 0 Å². The van der Waals surface area contributed by atoms with Crippen molar-refractivity contribution in [2.45, 2.75) is 51.6 Å². The van der Waals surface area contributed by atoms with E-state index in [1.54, 1.807) is 0 Å². The molecule has 76 valence electrons. The molecule has 2 nitrogen and oxygen atoms in total. The topological polar surface area (TPSA) is 24.1 Å². The van der Waals surface area contributed by atoms with Gasteiger partial charge in [-0.1, -0.05) is 20.3 Å². The zero-order chi connectivity index (χ0) is 9.31. The lowest BCUT2D eigenvalue weighted by atomic mass is 10.1. The van der Waals surface area contributed by atoms with Gasteiger partial charge in [0.2, 0.25) is 0 Å². The maximum absolute atomic E-state index is 3.65. The molecule has 2 rings (SSSR count). The van der Waals surface area contributed by atoms with Crippen molar-refractivity contribution in [1.82, 2.24) is 10.6 Å². The quantitative estimate of drug-likeness (QED) is 0.691. The Morgan fingerprint density at radius 3 is 2.69 bits per heavy atom. The van der Waals surface area contributed by atoms with Gasteiger partial charge in [0.15, 0.2) is 0 Å². The van der Waals surface area contributed by atoms with E-state index >= 15 is 0 Å². The van der Waals surface area contributed by atoms with E-state index in [1.807, 2.05) is 0 Å². The van der Waals surface area contributed by atoms with E-state index in [2.05, 4.69) is 24.5 Å². The molecule has 0 radical (unpaired) electrons. The maximum Gasteiger partial charge on any atom is 0.0192 e. The fourth-order valence-electron chi connectivity index (χ4n) is 2.20. The standard InChI is InChI=1S/C11H22N2/c1-11(2)7-10(11)13-8-9-5-3-4-6-12-9/h9-10,12-13H,3-8H2,1-2H3/t9-,10?/m1/s1. The second-order valence-electron chi connectivity index (χ2n) is 5.30. The molecule has 1 aliphatic carbocycles. The van der Waals surface area contributed by atoms with Gasteiger partial charge in [-0.2, -0.15) is 0 Å². The van der Waals surface area contributed by atoms with E-state index in [4.69, 9.17) is 0 Å². The Morgan fingerprint density at radius 2 is 2.15 bits per heavy atom. The van der Waals surface area contributed by atoms with Gasteiger partial charge in [-0.05, 0) is 31.2 Å². The summed E-state index contributed by atoms with van der Waals surface area (Å²) in [7, 11) is 0. The molecule has 1 saturated heterocycles. The molecule has 0 bridgehead atoms. The van der Waals surface area contributed by atoms with Crippen LogP contribution in [0.3, 0.4) is 0 Å². The third kappa shape index (κ3) is 2.44. The van der Waals surface area contributed by atoms with Gasteiger partial charge in [-0.3, -0.25) is 0 Å². The van der Waals surface area contributed by atoms with Crippen molar-refractivity contribution in [3.8, 4) is 0 Å². The highest BCUT2D eigenvalue weighted by Crippen LogP contribution is 2.44. The van der Waals surface area contributed by atoms with Crippen molar-refractivity contribution in [3.05, 3.63) is 0 Å². The monoisotopic (exact) mass is 182 g/mol. The Labute approximate surface area is 81.5 Å². The second kappa shape index (κ2) is 3.58. The fourth-order valence-corrected chi connectivity index (χ4v) is 2.20. The molecule has 0 amide bonds. The minimum absolute atomic E-state index is 0.578. The van der Waals surface area contributed by atoms with Gasteiger partial charge in [0.05, 0.1) is 0 Å². The molecule has 1 aliphatic heterocycles. The Morgan fingerprint density at radius 1 is 1.38 bits per heavy atom. The number of hydrogen-bond acceptors (Lipinski definition) is 2. The predicted molar refractivity (Wildman–Crippen MR) is 55.8 cm³/mol. The van der Waals surface area contributed by atoms with Crippen molar-refractivity contribution in [2.75, 3.05) is 13.1 Å². The van der Waals surface area contributed by atoms with Gasteiger partial charge in [-0.25, -0.2) is 0 Å². The van der Waals surface area contributed by atoms with Crippen LogP contribution in [0.15, 0.2) is 0 Å². The van der Waals surface area contributed by atoms with Gasteiger partial charge in [0, 0.05) is 18.6 Å². The van der Waals surface area contributed by atoms with Crippen LogP contribution in [0.5, 0.6) is 0 Å². The van der Waals surface area contributed by atoms with Crippen molar-refractivity contribution in [1.29, 1.82) is 0 Å². The van der Waals surface area contributed by atoms with Crippen LogP contribution < -0.4 is 10.6 Å². The number of piperidine rings is 1. The molecule has 2 fully saturated rings. The maximum atomic E-state index is 3.65. The normalized spacial score (nSPS) is 37.4. The molecule has 2 heteroatoms. The minimum Gasteiger partial charge on any atom is -0.313 e. The summed E-state index contributed by atoms with van der Waals surface area (Å²) in [6.07, 6.45) is 5.50. The smallest absolute Gasteiger partial charge is 0.0192 e. The zero-order valence-electron chi connectivity index (χ0n) is 8.90. The highest BCUT2D eigenvalue weighted by atomic mass is 15.0. The first-order valence-corrected chi connectivity index (χ1v) is 5.65. The van der Waals surface area contributed by atoms with Gasteiger partial charge >= 0.3 is 0 Å². The molecule has 2 aliphatic rings. The van der Waals surface area contributed by atoms with Crippen LogP contribution in [0.2, 0.25) is 0 Å². The summed E-state index contributed by atoms with van der Waals surface area (Å²) >= 11 is 0. The summed E-state index contributed by atoms with van der Waals surface area (Å²) < 4.78 is 0. The number of rotatable bonds is 3. The molecular weight excluding hydrogens is 160 g/mol. The number of hydrogen-bond donors (Lipinski definition) is 2. The number of nitrogens with one attached hydrogen (secondary N) is 2. The third-order valence-electron chi connectivity index (χ3n) is 3.54. The van der Waals surface area contributed by atoms with Crippen molar-refractivity contribution in [2.24, 2.45) is 5.41 Å². The van der Waals surface area contributed by atoms with Crippen molar-refractivity contribution >= 4 is 0 Å². The molecule has 2 atom stereocenters. The van der Waals surface area contributed by atoms with Crippen LogP contribution in [0.25, 0.3) is 0 Å². The molecule has 2 N–H and O–H groups in total. The van der Waals surface area contributed by atoms with Crippen LogP contribution in [0.1, 0.15) is 39.5 Å².